The van der Waals surface area contributed by atoms with Gasteiger partial charge in [-0.15, -0.1) is 0 Å². The molecule has 0 fully saturated rings. The second kappa shape index (κ2) is 7.87. The van der Waals surface area contributed by atoms with Crippen molar-refractivity contribution in [1.82, 2.24) is 0 Å². The summed E-state index contributed by atoms with van der Waals surface area (Å²) in [7, 11) is 0. The largest absolute Gasteiger partial charge is 0.482 e. The van der Waals surface area contributed by atoms with Gasteiger partial charge in [-0.25, -0.2) is 0 Å². The van der Waals surface area contributed by atoms with Crippen LogP contribution in [0, 0.1) is 18.3 Å². The van der Waals surface area contributed by atoms with E-state index in [1.807, 2.05) is 0 Å². The van der Waals surface area contributed by atoms with E-state index in [1.54, 1.807) is 43.3 Å². The van der Waals surface area contributed by atoms with E-state index in [1.165, 1.54) is 0 Å². The van der Waals surface area contributed by atoms with Crippen molar-refractivity contribution < 1.29 is 9.53 Å². The number of aryl methyl sites for hydroxylation is 1. The van der Waals surface area contributed by atoms with Gasteiger partial charge in [0.25, 0.3) is 5.91 Å². The molecule has 0 aliphatic rings. The zero-order chi connectivity index (χ0) is 16.8. The Morgan fingerprint density at radius 2 is 1.96 bits per heavy atom. The smallest absolute Gasteiger partial charge is 0.262 e. The number of hydrogen-bond donors (Lipinski definition) is 1. The van der Waals surface area contributed by atoms with Crippen LogP contribution in [-0.2, 0) is 11.2 Å². The molecule has 0 spiro atoms. The Morgan fingerprint density at radius 3 is 2.57 bits per heavy atom. The molecule has 0 saturated carbocycles. The summed E-state index contributed by atoms with van der Waals surface area (Å²) in [5.74, 6) is 0.138. The van der Waals surface area contributed by atoms with Crippen LogP contribution in [0.25, 0.3) is 0 Å². The highest BCUT2D eigenvalue weighted by Crippen LogP contribution is 2.31. The molecular formula is C17H14Cl2N2O2. The molecular weight excluding hydrogens is 335 g/mol. The number of nitriles is 1. The van der Waals surface area contributed by atoms with Gasteiger partial charge in [0.2, 0.25) is 0 Å². The van der Waals surface area contributed by atoms with Crippen LogP contribution in [-0.4, -0.2) is 12.5 Å². The Hall–Kier alpha value is -2.22. The maximum atomic E-state index is 11.9. The molecule has 2 aromatic carbocycles. The van der Waals surface area contributed by atoms with Crippen LogP contribution in [0.2, 0.25) is 10.0 Å². The predicted molar refractivity (Wildman–Crippen MR) is 91.1 cm³/mol. The molecule has 2 rings (SSSR count). The predicted octanol–water partition coefficient (Wildman–Crippen LogP) is 4.39. The fraction of sp³-hybridized carbons (Fsp3) is 0.176. The molecule has 1 amide bonds. The number of anilines is 1. The molecule has 0 saturated heterocycles. The van der Waals surface area contributed by atoms with Gasteiger partial charge in [-0.05, 0) is 42.3 Å². The van der Waals surface area contributed by atoms with Crippen molar-refractivity contribution in [2.45, 2.75) is 13.3 Å². The SMILES string of the molecule is Cc1cc(Cl)cc(Cl)c1OCC(=O)Nc1ccc(CC#N)cc1. The van der Waals surface area contributed by atoms with Crippen LogP contribution in [0.15, 0.2) is 36.4 Å². The molecule has 23 heavy (non-hydrogen) atoms. The number of carbonyl (C=O) groups excluding carboxylic acids is 1. The Balaban J connectivity index is 1.94. The van der Waals surface area contributed by atoms with Gasteiger partial charge >= 0.3 is 0 Å². The van der Waals surface area contributed by atoms with Gasteiger partial charge in [-0.3, -0.25) is 4.79 Å². The molecule has 2 aromatic rings. The fourth-order valence-corrected chi connectivity index (χ4v) is 2.65. The first-order valence-corrected chi connectivity index (χ1v) is 7.59. The second-order valence-electron chi connectivity index (χ2n) is 4.90. The summed E-state index contributed by atoms with van der Waals surface area (Å²) in [6.45, 7) is 1.64. The summed E-state index contributed by atoms with van der Waals surface area (Å²) in [5, 5.41) is 12.2. The average Bonchev–Trinajstić information content (AvgIpc) is 2.48. The van der Waals surface area contributed by atoms with Crippen LogP contribution in [0.5, 0.6) is 5.75 Å². The number of ether oxygens (including phenoxy) is 1. The minimum atomic E-state index is -0.302. The Kier molecular flexibility index (Phi) is 5.86. The second-order valence-corrected chi connectivity index (χ2v) is 5.75. The van der Waals surface area contributed by atoms with Crippen molar-refractivity contribution in [3.8, 4) is 11.8 Å². The summed E-state index contributed by atoms with van der Waals surface area (Å²) in [4.78, 5) is 11.9. The van der Waals surface area contributed by atoms with Gasteiger partial charge in [0.05, 0.1) is 17.5 Å². The van der Waals surface area contributed by atoms with Crippen molar-refractivity contribution >= 4 is 34.8 Å². The van der Waals surface area contributed by atoms with Crippen LogP contribution < -0.4 is 10.1 Å². The Bertz CT molecular complexity index is 729. The first kappa shape index (κ1) is 17.1. The van der Waals surface area contributed by atoms with E-state index in [9.17, 15) is 4.79 Å². The van der Waals surface area contributed by atoms with Gasteiger partial charge < -0.3 is 10.1 Å². The lowest BCUT2D eigenvalue weighted by molar-refractivity contribution is -0.118. The van der Waals surface area contributed by atoms with Crippen molar-refractivity contribution in [3.05, 3.63) is 57.6 Å². The number of nitrogens with one attached hydrogen (secondary N) is 1. The van der Waals surface area contributed by atoms with Crippen LogP contribution in [0.4, 0.5) is 5.69 Å². The first-order valence-electron chi connectivity index (χ1n) is 6.84. The third-order valence-electron chi connectivity index (χ3n) is 3.06. The number of nitrogens with zero attached hydrogens (tertiary/aromatic N) is 1. The van der Waals surface area contributed by atoms with Crippen molar-refractivity contribution in [1.29, 1.82) is 5.26 Å². The standard InChI is InChI=1S/C17H14Cl2N2O2/c1-11-8-13(18)9-15(19)17(11)23-10-16(22)21-14-4-2-12(3-5-14)6-7-20/h2-5,8-9H,6,10H2,1H3,(H,21,22). The van der Waals surface area contributed by atoms with E-state index in [2.05, 4.69) is 11.4 Å². The highest BCUT2D eigenvalue weighted by molar-refractivity contribution is 6.35. The lowest BCUT2D eigenvalue weighted by Crippen LogP contribution is -2.20. The van der Waals surface area contributed by atoms with E-state index in [4.69, 9.17) is 33.2 Å². The quantitative estimate of drug-likeness (QED) is 0.871. The van der Waals surface area contributed by atoms with E-state index >= 15 is 0 Å². The fourth-order valence-electron chi connectivity index (χ4n) is 2.00. The van der Waals surface area contributed by atoms with Gasteiger partial charge in [0.15, 0.2) is 6.61 Å². The van der Waals surface area contributed by atoms with Gasteiger partial charge in [0, 0.05) is 10.7 Å². The molecule has 0 radical (unpaired) electrons. The summed E-state index contributed by atoms with van der Waals surface area (Å²) >= 11 is 11.9. The Morgan fingerprint density at radius 1 is 1.26 bits per heavy atom. The summed E-state index contributed by atoms with van der Waals surface area (Å²) in [6.07, 6.45) is 0.339. The minimum absolute atomic E-state index is 0.165. The number of benzene rings is 2. The molecule has 0 bridgehead atoms. The molecule has 0 aliphatic heterocycles. The molecule has 118 valence electrons. The van der Waals surface area contributed by atoms with Crippen LogP contribution in [0.1, 0.15) is 11.1 Å². The number of carbonyl (C=O) groups is 1. The molecule has 0 aliphatic carbocycles. The third kappa shape index (κ3) is 4.88. The molecule has 0 unspecified atom stereocenters. The van der Waals surface area contributed by atoms with Crippen LogP contribution in [0.3, 0.4) is 0 Å². The molecule has 1 N–H and O–H groups in total. The molecule has 0 heterocycles. The van der Waals surface area contributed by atoms with Crippen molar-refractivity contribution in [2.24, 2.45) is 0 Å². The maximum Gasteiger partial charge on any atom is 0.262 e. The normalized spacial score (nSPS) is 10.0. The van der Waals surface area contributed by atoms with Crippen molar-refractivity contribution in [2.75, 3.05) is 11.9 Å². The zero-order valence-electron chi connectivity index (χ0n) is 12.4. The number of halogens is 2. The maximum absolute atomic E-state index is 11.9. The number of hydrogen-bond acceptors (Lipinski definition) is 3. The van der Waals surface area contributed by atoms with E-state index in [0.717, 1.165) is 11.1 Å². The molecule has 0 aromatic heterocycles. The average molecular weight is 349 g/mol. The lowest BCUT2D eigenvalue weighted by atomic mass is 10.1. The number of amides is 1. The highest BCUT2D eigenvalue weighted by Gasteiger charge is 2.10. The summed E-state index contributed by atoms with van der Waals surface area (Å²) < 4.78 is 5.47. The monoisotopic (exact) mass is 348 g/mol. The first-order chi connectivity index (χ1) is 11.0. The van der Waals surface area contributed by atoms with E-state index < -0.39 is 0 Å². The zero-order valence-corrected chi connectivity index (χ0v) is 13.9. The van der Waals surface area contributed by atoms with Crippen molar-refractivity contribution in [3.63, 3.8) is 0 Å². The van der Waals surface area contributed by atoms with Crippen LogP contribution >= 0.6 is 23.2 Å². The molecule has 6 heteroatoms. The lowest BCUT2D eigenvalue weighted by Gasteiger charge is -2.11. The third-order valence-corrected chi connectivity index (χ3v) is 3.56. The van der Waals surface area contributed by atoms with E-state index in [-0.39, 0.29) is 12.5 Å². The topological polar surface area (TPSA) is 62.1 Å². The van der Waals surface area contributed by atoms with Gasteiger partial charge in [0.1, 0.15) is 5.75 Å². The van der Waals surface area contributed by atoms with Gasteiger partial charge in [-0.2, -0.15) is 5.26 Å². The molecule has 0 atom stereocenters. The van der Waals surface area contributed by atoms with E-state index in [0.29, 0.717) is 27.9 Å². The highest BCUT2D eigenvalue weighted by atomic mass is 35.5. The summed E-state index contributed by atoms with van der Waals surface area (Å²) in [6, 6.07) is 12.4. The van der Waals surface area contributed by atoms with Gasteiger partial charge in [-0.1, -0.05) is 35.3 Å². The number of rotatable bonds is 5. The summed E-state index contributed by atoms with van der Waals surface area (Å²) in [5.41, 5.74) is 2.29. The Labute approximate surface area is 144 Å². The minimum Gasteiger partial charge on any atom is -0.482 e. The molecule has 4 nitrogen and oxygen atoms in total.